The van der Waals surface area contributed by atoms with E-state index in [-0.39, 0.29) is 5.63 Å². The molecule has 0 aliphatic carbocycles. The van der Waals surface area contributed by atoms with Gasteiger partial charge < -0.3 is 9.15 Å². The molecule has 1 fully saturated rings. The Hall–Kier alpha value is -1.65. The zero-order valence-corrected chi connectivity index (χ0v) is 14.7. The van der Waals surface area contributed by atoms with Gasteiger partial charge in [-0.1, -0.05) is 19.9 Å². The summed E-state index contributed by atoms with van der Waals surface area (Å²) in [4.78, 5) is 14.3. The van der Waals surface area contributed by atoms with Crippen molar-refractivity contribution in [2.45, 2.75) is 39.7 Å². The topological polar surface area (TPSA) is 42.7 Å². The Bertz CT molecular complexity index is 737. The van der Waals surface area contributed by atoms with Crippen LogP contribution >= 0.6 is 0 Å². The highest BCUT2D eigenvalue weighted by Crippen LogP contribution is 2.24. The van der Waals surface area contributed by atoms with E-state index >= 15 is 0 Å². The third-order valence-corrected chi connectivity index (χ3v) is 4.77. The van der Waals surface area contributed by atoms with Crippen molar-refractivity contribution in [1.29, 1.82) is 0 Å². The van der Waals surface area contributed by atoms with Gasteiger partial charge in [0.2, 0.25) is 0 Å². The lowest BCUT2D eigenvalue weighted by atomic mass is 10.1. The molecule has 1 saturated heterocycles. The maximum atomic E-state index is 11.9. The maximum absolute atomic E-state index is 11.9. The van der Waals surface area contributed by atoms with Crippen LogP contribution in [0.25, 0.3) is 11.0 Å². The van der Waals surface area contributed by atoms with Crippen molar-refractivity contribution in [2.75, 3.05) is 26.3 Å². The largest absolute Gasteiger partial charge is 0.423 e. The predicted molar refractivity (Wildman–Crippen MR) is 96.4 cm³/mol. The molecule has 1 atom stereocenters. The Balaban J connectivity index is 1.74. The molecule has 0 bridgehead atoms. The Labute approximate surface area is 143 Å². The Kier molecular flexibility index (Phi) is 5.69. The fourth-order valence-corrected chi connectivity index (χ4v) is 3.45. The highest BCUT2D eigenvalue weighted by molar-refractivity contribution is 5.80. The van der Waals surface area contributed by atoms with Crippen molar-refractivity contribution < 1.29 is 9.15 Å². The van der Waals surface area contributed by atoms with E-state index in [1.165, 1.54) is 12.0 Å². The van der Waals surface area contributed by atoms with Gasteiger partial charge in [-0.05, 0) is 55.0 Å². The van der Waals surface area contributed by atoms with E-state index in [4.69, 9.17) is 9.15 Å². The monoisotopic (exact) mass is 329 g/mol. The van der Waals surface area contributed by atoms with Gasteiger partial charge in [-0.3, -0.25) is 4.90 Å². The van der Waals surface area contributed by atoms with Gasteiger partial charge in [0.25, 0.3) is 0 Å². The van der Waals surface area contributed by atoms with Gasteiger partial charge >= 0.3 is 5.63 Å². The lowest BCUT2D eigenvalue weighted by Crippen LogP contribution is -2.22. The molecule has 1 aliphatic rings. The van der Waals surface area contributed by atoms with Gasteiger partial charge in [0.05, 0.1) is 6.61 Å². The predicted octanol–water partition coefficient (Wildman–Crippen LogP) is 3.60. The Morgan fingerprint density at radius 1 is 1.29 bits per heavy atom. The molecule has 2 aromatic rings. The third-order valence-electron chi connectivity index (χ3n) is 4.77. The van der Waals surface area contributed by atoms with Gasteiger partial charge in [0.15, 0.2) is 0 Å². The van der Waals surface area contributed by atoms with Crippen LogP contribution in [0.15, 0.2) is 33.5 Å². The maximum Gasteiger partial charge on any atom is 0.336 e. The Morgan fingerprint density at radius 2 is 2.17 bits per heavy atom. The fourth-order valence-electron chi connectivity index (χ4n) is 3.45. The molecule has 24 heavy (non-hydrogen) atoms. The van der Waals surface area contributed by atoms with Crippen LogP contribution in [0.4, 0.5) is 0 Å². The van der Waals surface area contributed by atoms with Crippen LogP contribution in [0.1, 0.15) is 37.8 Å². The van der Waals surface area contributed by atoms with Crippen LogP contribution in [0, 0.1) is 5.92 Å². The molecule has 0 N–H and O–H groups in total. The zero-order valence-electron chi connectivity index (χ0n) is 14.7. The van der Waals surface area contributed by atoms with E-state index in [1.54, 1.807) is 6.07 Å². The molecule has 0 amide bonds. The van der Waals surface area contributed by atoms with Gasteiger partial charge in [-0.15, -0.1) is 0 Å². The van der Waals surface area contributed by atoms with Gasteiger partial charge in [0.1, 0.15) is 5.58 Å². The number of nitrogens with zero attached hydrogens (tertiary/aromatic N) is 1. The van der Waals surface area contributed by atoms with Gasteiger partial charge in [-0.25, -0.2) is 4.79 Å². The SMILES string of the molecule is CCCOCC1CCN(Cc2cc(=O)oc3ccc(CC)cc23)C1. The minimum Gasteiger partial charge on any atom is -0.423 e. The minimum absolute atomic E-state index is 0.260. The van der Waals surface area contributed by atoms with Crippen LogP contribution in [0.5, 0.6) is 0 Å². The number of benzene rings is 1. The average Bonchev–Trinajstić information content (AvgIpc) is 3.02. The fraction of sp³-hybridized carbons (Fsp3) is 0.550. The van der Waals surface area contributed by atoms with Crippen LogP contribution in [0.2, 0.25) is 0 Å². The van der Waals surface area contributed by atoms with Crippen molar-refractivity contribution in [2.24, 2.45) is 5.92 Å². The molecule has 0 spiro atoms. The summed E-state index contributed by atoms with van der Waals surface area (Å²) in [5.74, 6) is 0.606. The molecule has 4 heteroatoms. The summed E-state index contributed by atoms with van der Waals surface area (Å²) in [6, 6.07) is 7.77. The summed E-state index contributed by atoms with van der Waals surface area (Å²) in [5.41, 5.74) is 2.78. The number of ether oxygens (including phenoxy) is 1. The molecular formula is C20H27NO3. The smallest absolute Gasteiger partial charge is 0.336 e. The molecule has 1 aromatic heterocycles. The van der Waals surface area contributed by atoms with Crippen molar-refractivity contribution in [3.63, 3.8) is 0 Å². The summed E-state index contributed by atoms with van der Waals surface area (Å²) in [6.45, 7) is 8.88. The first kappa shape index (κ1) is 17.2. The standard InChI is InChI=1S/C20H27NO3/c1-3-9-23-14-16-7-8-21(12-16)13-17-11-20(22)24-19-6-5-15(4-2)10-18(17)19/h5-6,10-11,16H,3-4,7-9,12-14H2,1-2H3. The second kappa shape index (κ2) is 7.95. The number of rotatable bonds is 7. The van der Waals surface area contributed by atoms with E-state index in [0.29, 0.717) is 11.5 Å². The molecule has 2 heterocycles. The lowest BCUT2D eigenvalue weighted by molar-refractivity contribution is 0.101. The molecule has 1 aliphatic heterocycles. The third kappa shape index (κ3) is 4.05. The summed E-state index contributed by atoms with van der Waals surface area (Å²) in [7, 11) is 0. The van der Waals surface area contributed by atoms with Crippen molar-refractivity contribution in [3.8, 4) is 0 Å². The van der Waals surface area contributed by atoms with Gasteiger partial charge in [0, 0.05) is 31.1 Å². The first-order chi connectivity index (χ1) is 11.7. The summed E-state index contributed by atoms with van der Waals surface area (Å²) >= 11 is 0. The summed E-state index contributed by atoms with van der Waals surface area (Å²) in [6.07, 6.45) is 3.22. The van der Waals surface area contributed by atoms with E-state index < -0.39 is 0 Å². The number of likely N-dealkylation sites (tertiary alicyclic amines) is 1. The lowest BCUT2D eigenvalue weighted by Gasteiger charge is -2.17. The van der Waals surface area contributed by atoms with Crippen molar-refractivity contribution >= 4 is 11.0 Å². The van der Waals surface area contributed by atoms with Gasteiger partial charge in [-0.2, -0.15) is 0 Å². The molecule has 1 aromatic carbocycles. The highest BCUT2D eigenvalue weighted by atomic mass is 16.5. The first-order valence-electron chi connectivity index (χ1n) is 9.05. The normalized spacial score (nSPS) is 18.5. The molecule has 3 rings (SSSR count). The number of fused-ring (bicyclic) bond motifs is 1. The molecule has 0 saturated carbocycles. The quantitative estimate of drug-likeness (QED) is 0.575. The van der Waals surface area contributed by atoms with E-state index in [2.05, 4.69) is 24.8 Å². The highest BCUT2D eigenvalue weighted by Gasteiger charge is 2.23. The van der Waals surface area contributed by atoms with E-state index in [1.807, 2.05) is 12.1 Å². The van der Waals surface area contributed by atoms with Crippen molar-refractivity contribution in [1.82, 2.24) is 4.90 Å². The summed E-state index contributed by atoms with van der Waals surface area (Å²) in [5, 5.41) is 1.07. The molecule has 130 valence electrons. The number of hydrogen-bond acceptors (Lipinski definition) is 4. The zero-order chi connectivity index (χ0) is 16.9. The summed E-state index contributed by atoms with van der Waals surface area (Å²) < 4.78 is 11.1. The molecule has 0 radical (unpaired) electrons. The number of hydrogen-bond donors (Lipinski definition) is 0. The number of aryl methyl sites for hydroxylation is 1. The second-order valence-electron chi connectivity index (χ2n) is 6.74. The molecule has 4 nitrogen and oxygen atoms in total. The first-order valence-corrected chi connectivity index (χ1v) is 9.05. The van der Waals surface area contributed by atoms with Crippen molar-refractivity contribution in [3.05, 3.63) is 45.8 Å². The van der Waals surface area contributed by atoms with Crippen LogP contribution < -0.4 is 5.63 Å². The van der Waals surface area contributed by atoms with E-state index in [0.717, 1.165) is 56.6 Å². The second-order valence-corrected chi connectivity index (χ2v) is 6.74. The van der Waals surface area contributed by atoms with E-state index in [9.17, 15) is 4.79 Å². The Morgan fingerprint density at radius 3 is 2.96 bits per heavy atom. The average molecular weight is 329 g/mol. The van der Waals surface area contributed by atoms with Crippen LogP contribution in [-0.2, 0) is 17.7 Å². The minimum atomic E-state index is -0.260. The van der Waals surface area contributed by atoms with Crippen LogP contribution in [0.3, 0.4) is 0 Å². The molecular weight excluding hydrogens is 302 g/mol. The molecule has 1 unspecified atom stereocenters. The van der Waals surface area contributed by atoms with Crippen LogP contribution in [-0.4, -0.2) is 31.2 Å².